The molecule has 0 saturated heterocycles. The largest absolute Gasteiger partial charge is 0.478 e. The van der Waals surface area contributed by atoms with Gasteiger partial charge in [-0.1, -0.05) is 11.6 Å². The van der Waals surface area contributed by atoms with Gasteiger partial charge in [0.05, 0.1) is 10.7 Å². The zero-order valence-electron chi connectivity index (χ0n) is 17.6. The zero-order valence-corrected chi connectivity index (χ0v) is 18.4. The van der Waals surface area contributed by atoms with E-state index >= 15 is 0 Å². The number of aliphatic carboxylic acids is 1. The van der Waals surface area contributed by atoms with Crippen molar-refractivity contribution in [1.82, 2.24) is 9.13 Å². The third-order valence-corrected chi connectivity index (χ3v) is 5.76. The Morgan fingerprint density at radius 1 is 1.29 bits per heavy atom. The lowest BCUT2D eigenvalue weighted by Crippen LogP contribution is -2.42. The van der Waals surface area contributed by atoms with Crippen molar-refractivity contribution in [2.24, 2.45) is 7.05 Å². The van der Waals surface area contributed by atoms with Gasteiger partial charge < -0.3 is 19.4 Å². The topological polar surface area (TPSA) is 117 Å². The molecule has 1 aliphatic carbocycles. The number of halogens is 5. The van der Waals surface area contributed by atoms with Gasteiger partial charge in [0.1, 0.15) is 29.1 Å². The summed E-state index contributed by atoms with van der Waals surface area (Å²) in [6, 6.07) is 1.43. The van der Waals surface area contributed by atoms with Crippen LogP contribution in [0.1, 0.15) is 25.5 Å². The van der Waals surface area contributed by atoms with Crippen LogP contribution in [0.3, 0.4) is 0 Å². The minimum absolute atomic E-state index is 0.0334. The summed E-state index contributed by atoms with van der Waals surface area (Å²) in [4.78, 5) is 48.0. The quantitative estimate of drug-likeness (QED) is 0.429. The van der Waals surface area contributed by atoms with E-state index < -0.39 is 62.6 Å². The Morgan fingerprint density at radius 2 is 1.94 bits per heavy atom. The van der Waals surface area contributed by atoms with Gasteiger partial charge in [-0.2, -0.15) is 13.2 Å². The van der Waals surface area contributed by atoms with Gasteiger partial charge in [-0.15, -0.1) is 0 Å². The Labute approximate surface area is 193 Å². The third kappa shape index (κ3) is 3.98. The molecule has 9 nitrogen and oxygen atoms in total. The van der Waals surface area contributed by atoms with Gasteiger partial charge in [0, 0.05) is 38.6 Å². The second-order valence-corrected chi connectivity index (χ2v) is 7.89. The molecule has 1 aromatic carbocycles. The smallest absolute Gasteiger partial charge is 0.431 e. The lowest BCUT2D eigenvalue weighted by atomic mass is 10.1. The molecule has 1 aliphatic rings. The first-order valence-electron chi connectivity index (χ1n) is 9.64. The van der Waals surface area contributed by atoms with Crippen LogP contribution in [0.15, 0.2) is 27.8 Å². The number of alkyl halides is 3. The molecule has 2 unspecified atom stereocenters. The number of aromatic nitrogens is 2. The third-order valence-electron chi connectivity index (χ3n) is 5.46. The maximum absolute atomic E-state index is 14.7. The molecule has 0 bridgehead atoms. The molecular formula is C20H17ClF4N2O7. The average Bonchev–Trinajstić information content (AvgIpc) is 3.35. The molecule has 34 heavy (non-hydrogen) atoms. The summed E-state index contributed by atoms with van der Waals surface area (Å²) in [6.07, 6.45) is -5.21. The molecule has 1 N–H and O–H groups in total. The number of rotatable bonds is 8. The van der Waals surface area contributed by atoms with Crippen LogP contribution in [0, 0.1) is 5.82 Å². The first kappa shape index (κ1) is 25.4. The Balaban J connectivity index is 2.17. The molecule has 1 heterocycles. The summed E-state index contributed by atoms with van der Waals surface area (Å²) in [6.45, 7) is 1.60. The van der Waals surface area contributed by atoms with Crippen LogP contribution in [0.25, 0.3) is 5.69 Å². The standard InChI is InChI=1S/C20H17ClF4N2O7/c1-3-33-18(4-5-28)9-19(18,16(30)31)34-13-7-12(11(22)6-10(13)21)27-15(29)8-14(20(23,24)25)26(2)17(27)32/h5-8H,3-4,9H2,1-2H3,(H,30,31). The molecule has 0 amide bonds. The van der Waals surface area contributed by atoms with E-state index in [1.807, 2.05) is 0 Å². The maximum atomic E-state index is 14.7. The predicted octanol–water partition coefficient (Wildman–Crippen LogP) is 2.32. The monoisotopic (exact) mass is 508 g/mol. The second kappa shape index (κ2) is 8.55. The highest BCUT2D eigenvalue weighted by Crippen LogP contribution is 2.56. The number of nitrogens with zero attached hydrogens (tertiary/aromatic N) is 2. The van der Waals surface area contributed by atoms with Gasteiger partial charge >= 0.3 is 17.8 Å². The second-order valence-electron chi connectivity index (χ2n) is 7.49. The van der Waals surface area contributed by atoms with Crippen molar-refractivity contribution in [1.29, 1.82) is 0 Å². The molecule has 1 fully saturated rings. The Hall–Kier alpha value is -3.19. The van der Waals surface area contributed by atoms with Crippen molar-refractivity contribution in [3.63, 3.8) is 0 Å². The van der Waals surface area contributed by atoms with Gasteiger partial charge in [-0.3, -0.25) is 9.36 Å². The van der Waals surface area contributed by atoms with Crippen molar-refractivity contribution in [3.8, 4) is 11.4 Å². The van der Waals surface area contributed by atoms with Crippen LogP contribution in [0.4, 0.5) is 17.6 Å². The summed E-state index contributed by atoms with van der Waals surface area (Å²) in [7, 11) is 0.742. The molecule has 1 saturated carbocycles. The summed E-state index contributed by atoms with van der Waals surface area (Å²) >= 11 is 5.98. The number of carbonyl (C=O) groups excluding carboxylic acids is 1. The molecular weight excluding hydrogens is 492 g/mol. The molecule has 0 aliphatic heterocycles. The molecule has 1 aromatic heterocycles. The van der Waals surface area contributed by atoms with Gasteiger partial charge in [0.25, 0.3) is 5.56 Å². The minimum Gasteiger partial charge on any atom is -0.478 e. The summed E-state index contributed by atoms with van der Waals surface area (Å²) in [5.74, 6) is -3.28. The predicted molar refractivity (Wildman–Crippen MR) is 108 cm³/mol. The Bertz CT molecular complexity index is 1290. The van der Waals surface area contributed by atoms with E-state index in [4.69, 9.17) is 21.1 Å². The molecule has 14 heteroatoms. The lowest BCUT2D eigenvalue weighted by molar-refractivity contribution is -0.154. The molecule has 2 atom stereocenters. The minimum atomic E-state index is -5.03. The molecule has 0 spiro atoms. The van der Waals surface area contributed by atoms with Gasteiger partial charge in [0.15, 0.2) is 0 Å². The maximum Gasteiger partial charge on any atom is 0.431 e. The highest BCUT2D eigenvalue weighted by molar-refractivity contribution is 6.32. The van der Waals surface area contributed by atoms with E-state index in [-0.39, 0.29) is 34.6 Å². The van der Waals surface area contributed by atoms with Crippen LogP contribution >= 0.6 is 11.6 Å². The summed E-state index contributed by atoms with van der Waals surface area (Å²) in [5.41, 5.74) is -9.03. The fourth-order valence-electron chi connectivity index (χ4n) is 3.75. The van der Waals surface area contributed by atoms with Crippen LogP contribution in [0.2, 0.25) is 5.02 Å². The van der Waals surface area contributed by atoms with Crippen molar-refractivity contribution in [2.45, 2.75) is 37.1 Å². The first-order valence-corrected chi connectivity index (χ1v) is 10.0. The van der Waals surface area contributed by atoms with Crippen molar-refractivity contribution >= 4 is 23.9 Å². The lowest BCUT2D eigenvalue weighted by Gasteiger charge is -2.23. The zero-order chi connectivity index (χ0) is 25.6. The number of benzene rings is 1. The van der Waals surface area contributed by atoms with Gasteiger partial charge in [-0.05, 0) is 13.0 Å². The number of carboxylic acid groups (broad SMARTS) is 1. The van der Waals surface area contributed by atoms with E-state index in [0.717, 1.165) is 7.05 Å². The molecule has 3 rings (SSSR count). The number of carbonyl (C=O) groups is 2. The van der Waals surface area contributed by atoms with E-state index in [1.54, 1.807) is 6.92 Å². The first-order chi connectivity index (χ1) is 15.7. The highest BCUT2D eigenvalue weighted by atomic mass is 35.5. The van der Waals surface area contributed by atoms with Gasteiger partial charge in [0.2, 0.25) is 5.60 Å². The summed E-state index contributed by atoms with van der Waals surface area (Å²) in [5, 5.41) is 9.31. The SMILES string of the molecule is CCOC1(CC=O)CC1(Oc1cc(-n2c(=O)cc(C(F)(F)F)n(C)c2=O)c(F)cc1Cl)C(=O)O. The number of hydrogen-bond acceptors (Lipinski definition) is 6. The highest BCUT2D eigenvalue weighted by Gasteiger charge is 2.77. The van der Waals surface area contributed by atoms with E-state index in [0.29, 0.717) is 18.4 Å². The van der Waals surface area contributed by atoms with Crippen LogP contribution in [-0.4, -0.2) is 44.3 Å². The van der Waals surface area contributed by atoms with Gasteiger partial charge in [-0.25, -0.2) is 18.5 Å². The fourth-order valence-corrected chi connectivity index (χ4v) is 3.94. The van der Waals surface area contributed by atoms with E-state index in [9.17, 15) is 41.8 Å². The van der Waals surface area contributed by atoms with Crippen LogP contribution in [0.5, 0.6) is 5.75 Å². The molecule has 2 aromatic rings. The molecule has 184 valence electrons. The van der Waals surface area contributed by atoms with Crippen molar-refractivity contribution < 1.29 is 41.7 Å². The Morgan fingerprint density at radius 3 is 2.47 bits per heavy atom. The van der Waals surface area contributed by atoms with E-state index in [2.05, 4.69) is 0 Å². The normalized spacial score (nSPS) is 21.9. The molecule has 0 radical (unpaired) electrons. The van der Waals surface area contributed by atoms with E-state index in [1.165, 1.54) is 0 Å². The summed E-state index contributed by atoms with van der Waals surface area (Å²) < 4.78 is 65.2. The number of carboxylic acids is 1. The van der Waals surface area contributed by atoms with Crippen molar-refractivity contribution in [3.05, 3.63) is 55.6 Å². The van der Waals surface area contributed by atoms with Crippen LogP contribution < -0.4 is 16.0 Å². The Kier molecular flexibility index (Phi) is 6.39. The van der Waals surface area contributed by atoms with Crippen molar-refractivity contribution in [2.75, 3.05) is 6.61 Å². The van der Waals surface area contributed by atoms with Crippen LogP contribution in [-0.2, 0) is 27.5 Å². The number of aldehydes is 1. The number of ether oxygens (including phenoxy) is 2. The fraction of sp³-hybridized carbons (Fsp3) is 0.400. The average molecular weight is 509 g/mol. The number of hydrogen-bond donors (Lipinski definition) is 1.